The van der Waals surface area contributed by atoms with E-state index in [1.165, 1.54) is 6.92 Å². The Kier molecular flexibility index (Phi) is 7.79. The molecule has 0 aromatic heterocycles. The van der Waals surface area contributed by atoms with Crippen LogP contribution < -0.4 is 10.6 Å². The minimum absolute atomic E-state index is 0. The summed E-state index contributed by atoms with van der Waals surface area (Å²) in [5, 5.41) is 5.65. The van der Waals surface area contributed by atoms with Crippen molar-refractivity contribution in [2.24, 2.45) is 0 Å². The van der Waals surface area contributed by atoms with Gasteiger partial charge in [-0.3, -0.25) is 9.59 Å². The highest BCUT2D eigenvalue weighted by molar-refractivity contribution is 5.95. The van der Waals surface area contributed by atoms with Gasteiger partial charge in [-0.2, -0.15) is 0 Å². The summed E-state index contributed by atoms with van der Waals surface area (Å²) in [6, 6.07) is 6.87. The van der Waals surface area contributed by atoms with E-state index in [1.807, 2.05) is 7.05 Å². The maximum absolute atomic E-state index is 12.0. The highest BCUT2D eigenvalue weighted by Crippen LogP contribution is 2.10. The van der Waals surface area contributed by atoms with Crippen LogP contribution in [0.1, 0.15) is 17.3 Å². The molecule has 0 radical (unpaired) electrons. The molecule has 106 valence electrons. The number of amides is 2. The van der Waals surface area contributed by atoms with Gasteiger partial charge in [0, 0.05) is 38.3 Å². The molecular formula is C13H20ClN3O2. The number of anilines is 1. The molecule has 0 spiro atoms. The van der Waals surface area contributed by atoms with Gasteiger partial charge in [-0.1, -0.05) is 0 Å². The number of carbonyl (C=O) groups excluding carboxylic acids is 2. The van der Waals surface area contributed by atoms with E-state index in [0.717, 1.165) is 6.54 Å². The van der Waals surface area contributed by atoms with E-state index in [9.17, 15) is 9.59 Å². The van der Waals surface area contributed by atoms with Crippen LogP contribution in [0.25, 0.3) is 0 Å². The molecule has 0 aliphatic rings. The van der Waals surface area contributed by atoms with Gasteiger partial charge in [0.15, 0.2) is 0 Å². The molecule has 1 aromatic rings. The molecule has 2 N–H and O–H groups in total. The zero-order valence-electron chi connectivity index (χ0n) is 11.4. The summed E-state index contributed by atoms with van der Waals surface area (Å²) in [5.41, 5.74) is 1.31. The Bertz CT molecular complexity index is 420. The van der Waals surface area contributed by atoms with Gasteiger partial charge in [0.25, 0.3) is 5.91 Å². The van der Waals surface area contributed by atoms with Gasteiger partial charge >= 0.3 is 0 Å². The summed E-state index contributed by atoms with van der Waals surface area (Å²) in [6.45, 7) is 2.86. The first-order chi connectivity index (χ1) is 8.54. The van der Waals surface area contributed by atoms with E-state index >= 15 is 0 Å². The summed E-state index contributed by atoms with van der Waals surface area (Å²) in [7, 11) is 3.61. The third kappa shape index (κ3) is 5.72. The quantitative estimate of drug-likeness (QED) is 0.859. The van der Waals surface area contributed by atoms with Gasteiger partial charge in [-0.05, 0) is 31.3 Å². The normalized spacial score (nSPS) is 9.42. The summed E-state index contributed by atoms with van der Waals surface area (Å²) in [4.78, 5) is 24.5. The average molecular weight is 286 g/mol. The van der Waals surface area contributed by atoms with E-state index in [-0.39, 0.29) is 24.2 Å². The van der Waals surface area contributed by atoms with Crippen molar-refractivity contribution in [1.82, 2.24) is 10.2 Å². The molecule has 0 saturated carbocycles. The van der Waals surface area contributed by atoms with E-state index in [2.05, 4.69) is 10.6 Å². The van der Waals surface area contributed by atoms with Crippen molar-refractivity contribution in [1.29, 1.82) is 0 Å². The number of nitrogens with zero attached hydrogens (tertiary/aromatic N) is 1. The third-order valence-electron chi connectivity index (χ3n) is 2.50. The molecule has 0 atom stereocenters. The van der Waals surface area contributed by atoms with Crippen LogP contribution in [0.4, 0.5) is 5.69 Å². The third-order valence-corrected chi connectivity index (χ3v) is 2.50. The lowest BCUT2D eigenvalue weighted by molar-refractivity contribution is -0.114. The highest BCUT2D eigenvalue weighted by atomic mass is 35.5. The molecule has 2 amide bonds. The zero-order valence-corrected chi connectivity index (χ0v) is 12.2. The van der Waals surface area contributed by atoms with Crippen LogP contribution in [-0.4, -0.2) is 43.9 Å². The molecule has 1 rings (SSSR count). The predicted octanol–water partition coefficient (Wildman–Crippen LogP) is 1.36. The van der Waals surface area contributed by atoms with Crippen LogP contribution in [0.3, 0.4) is 0 Å². The smallest absolute Gasteiger partial charge is 0.253 e. The Morgan fingerprint density at radius 3 is 2.26 bits per heavy atom. The van der Waals surface area contributed by atoms with Gasteiger partial charge in [0.05, 0.1) is 0 Å². The Morgan fingerprint density at radius 1 is 1.21 bits per heavy atom. The maximum Gasteiger partial charge on any atom is 0.253 e. The molecule has 0 unspecified atom stereocenters. The van der Waals surface area contributed by atoms with Crippen molar-refractivity contribution in [2.45, 2.75) is 6.92 Å². The van der Waals surface area contributed by atoms with Crippen molar-refractivity contribution >= 4 is 29.9 Å². The fourth-order valence-electron chi connectivity index (χ4n) is 1.50. The number of hydrogen-bond donors (Lipinski definition) is 2. The Hall–Kier alpha value is -1.59. The molecule has 19 heavy (non-hydrogen) atoms. The number of rotatable bonds is 5. The first kappa shape index (κ1) is 17.4. The maximum atomic E-state index is 12.0. The second-order valence-corrected chi connectivity index (χ2v) is 4.09. The number of carbonyl (C=O) groups is 2. The summed E-state index contributed by atoms with van der Waals surface area (Å²) in [5.74, 6) is -0.153. The molecule has 0 heterocycles. The lowest BCUT2D eigenvalue weighted by atomic mass is 10.2. The average Bonchev–Trinajstić information content (AvgIpc) is 2.35. The Balaban J connectivity index is 0.00000324. The van der Waals surface area contributed by atoms with E-state index in [1.54, 1.807) is 36.2 Å². The number of nitrogens with one attached hydrogen (secondary N) is 2. The van der Waals surface area contributed by atoms with Crippen molar-refractivity contribution in [2.75, 3.05) is 32.5 Å². The number of likely N-dealkylation sites (N-methyl/N-ethyl adjacent to an activating group) is 2. The SMILES string of the molecule is CNCCN(C)C(=O)c1ccc(NC(C)=O)cc1.Cl. The first-order valence-electron chi connectivity index (χ1n) is 5.82. The fourth-order valence-corrected chi connectivity index (χ4v) is 1.50. The second-order valence-electron chi connectivity index (χ2n) is 4.09. The first-order valence-corrected chi connectivity index (χ1v) is 5.82. The minimum Gasteiger partial charge on any atom is -0.340 e. The monoisotopic (exact) mass is 285 g/mol. The Labute approximate surface area is 119 Å². The summed E-state index contributed by atoms with van der Waals surface area (Å²) in [6.07, 6.45) is 0. The minimum atomic E-state index is -0.125. The van der Waals surface area contributed by atoms with Crippen LogP contribution in [0.5, 0.6) is 0 Å². The van der Waals surface area contributed by atoms with Crippen molar-refractivity contribution < 1.29 is 9.59 Å². The largest absolute Gasteiger partial charge is 0.340 e. The van der Waals surface area contributed by atoms with E-state index in [0.29, 0.717) is 17.8 Å². The van der Waals surface area contributed by atoms with Crippen LogP contribution in [0.15, 0.2) is 24.3 Å². The molecule has 0 aliphatic carbocycles. The van der Waals surface area contributed by atoms with Crippen molar-refractivity contribution in [3.05, 3.63) is 29.8 Å². The molecule has 1 aromatic carbocycles. The number of halogens is 1. The van der Waals surface area contributed by atoms with Gasteiger partial charge in [-0.15, -0.1) is 12.4 Å². The molecule has 0 bridgehead atoms. The van der Waals surface area contributed by atoms with Gasteiger partial charge in [0.1, 0.15) is 0 Å². The highest BCUT2D eigenvalue weighted by Gasteiger charge is 2.10. The topological polar surface area (TPSA) is 61.4 Å². The van der Waals surface area contributed by atoms with Gasteiger partial charge in [-0.25, -0.2) is 0 Å². The zero-order chi connectivity index (χ0) is 13.5. The summed E-state index contributed by atoms with van der Waals surface area (Å²) >= 11 is 0. The molecule has 0 aliphatic heterocycles. The molecular weight excluding hydrogens is 266 g/mol. The van der Waals surface area contributed by atoms with Crippen molar-refractivity contribution in [3.8, 4) is 0 Å². The number of hydrogen-bond acceptors (Lipinski definition) is 3. The lowest BCUT2D eigenvalue weighted by Crippen LogP contribution is -2.32. The molecule has 0 fully saturated rings. The molecule has 5 nitrogen and oxygen atoms in total. The van der Waals surface area contributed by atoms with Crippen LogP contribution >= 0.6 is 12.4 Å². The van der Waals surface area contributed by atoms with Gasteiger partial charge < -0.3 is 15.5 Å². The van der Waals surface area contributed by atoms with Crippen LogP contribution in [0.2, 0.25) is 0 Å². The van der Waals surface area contributed by atoms with Gasteiger partial charge in [0.2, 0.25) is 5.91 Å². The van der Waals surface area contributed by atoms with Crippen molar-refractivity contribution in [3.63, 3.8) is 0 Å². The van der Waals surface area contributed by atoms with E-state index in [4.69, 9.17) is 0 Å². The fraction of sp³-hybridized carbons (Fsp3) is 0.385. The molecule has 0 saturated heterocycles. The Morgan fingerprint density at radius 2 is 1.79 bits per heavy atom. The standard InChI is InChI=1S/C13H19N3O2.ClH/c1-10(17)15-12-6-4-11(5-7-12)13(18)16(3)9-8-14-2;/h4-7,14H,8-9H2,1-3H3,(H,15,17);1H. The molecule has 6 heteroatoms. The van der Waals surface area contributed by atoms with Crippen LogP contribution in [0, 0.1) is 0 Å². The second kappa shape index (κ2) is 8.50. The van der Waals surface area contributed by atoms with Crippen LogP contribution in [-0.2, 0) is 4.79 Å². The van der Waals surface area contributed by atoms with E-state index < -0.39 is 0 Å². The lowest BCUT2D eigenvalue weighted by Gasteiger charge is -2.17. The number of benzene rings is 1. The predicted molar refractivity (Wildman–Crippen MR) is 78.9 cm³/mol. The summed E-state index contributed by atoms with van der Waals surface area (Å²) < 4.78 is 0.